The van der Waals surface area contributed by atoms with Crippen LogP contribution in [0.3, 0.4) is 0 Å². The standard InChI is InChI=1S/C11H12BrNO2/c12-9-8(4-3-7-13-9)11(10(14)15)5-1-2-6-11/h3-4,7H,1-2,5-6H2,(H,14,15). The number of carboxylic acids is 1. The Morgan fingerprint density at radius 1 is 1.47 bits per heavy atom. The van der Waals surface area contributed by atoms with Crippen molar-refractivity contribution in [3.63, 3.8) is 0 Å². The van der Waals surface area contributed by atoms with Crippen LogP contribution in [0.2, 0.25) is 0 Å². The van der Waals surface area contributed by atoms with E-state index in [-0.39, 0.29) is 0 Å². The average Bonchev–Trinajstić information content (AvgIpc) is 2.68. The quantitative estimate of drug-likeness (QED) is 0.840. The van der Waals surface area contributed by atoms with Gasteiger partial charge < -0.3 is 5.11 Å². The van der Waals surface area contributed by atoms with Crippen molar-refractivity contribution < 1.29 is 9.90 Å². The maximum absolute atomic E-state index is 11.4. The minimum atomic E-state index is -0.728. The van der Waals surface area contributed by atoms with Crippen LogP contribution in [0.5, 0.6) is 0 Å². The molecule has 3 nitrogen and oxygen atoms in total. The van der Waals surface area contributed by atoms with Gasteiger partial charge in [-0.2, -0.15) is 0 Å². The Morgan fingerprint density at radius 2 is 2.13 bits per heavy atom. The first-order chi connectivity index (χ1) is 7.17. The predicted molar refractivity (Wildman–Crippen MR) is 59.7 cm³/mol. The maximum atomic E-state index is 11.4. The van der Waals surface area contributed by atoms with Crippen LogP contribution in [-0.2, 0) is 10.2 Å². The molecule has 1 fully saturated rings. The summed E-state index contributed by atoms with van der Waals surface area (Å²) in [5.74, 6) is -0.728. The van der Waals surface area contributed by atoms with E-state index in [1.54, 1.807) is 12.3 Å². The number of hydrogen-bond acceptors (Lipinski definition) is 2. The highest BCUT2D eigenvalue weighted by Gasteiger charge is 2.44. The van der Waals surface area contributed by atoms with Crippen LogP contribution in [-0.4, -0.2) is 16.1 Å². The van der Waals surface area contributed by atoms with Crippen molar-refractivity contribution in [1.29, 1.82) is 0 Å². The van der Waals surface area contributed by atoms with Gasteiger partial charge in [0.25, 0.3) is 0 Å². The molecule has 80 valence electrons. The number of carboxylic acid groups (broad SMARTS) is 1. The lowest BCUT2D eigenvalue weighted by Crippen LogP contribution is -2.33. The summed E-state index contributed by atoms with van der Waals surface area (Å²) in [7, 11) is 0. The molecule has 0 atom stereocenters. The first kappa shape index (κ1) is 10.6. The molecule has 0 radical (unpaired) electrons. The molecule has 1 aromatic heterocycles. The Hall–Kier alpha value is -0.900. The van der Waals surface area contributed by atoms with Gasteiger partial charge in [-0.05, 0) is 34.8 Å². The fourth-order valence-electron chi connectivity index (χ4n) is 2.32. The molecule has 0 bridgehead atoms. The smallest absolute Gasteiger partial charge is 0.314 e. The summed E-state index contributed by atoms with van der Waals surface area (Å²) in [6.45, 7) is 0. The molecule has 1 N–H and O–H groups in total. The van der Waals surface area contributed by atoms with Crippen molar-refractivity contribution in [3.05, 3.63) is 28.5 Å². The lowest BCUT2D eigenvalue weighted by Gasteiger charge is -2.24. The van der Waals surface area contributed by atoms with Gasteiger partial charge in [0, 0.05) is 11.8 Å². The van der Waals surface area contributed by atoms with E-state index in [1.807, 2.05) is 6.07 Å². The largest absolute Gasteiger partial charge is 0.481 e. The van der Waals surface area contributed by atoms with Crippen LogP contribution in [0, 0.1) is 0 Å². The lowest BCUT2D eigenvalue weighted by atomic mass is 9.80. The summed E-state index contributed by atoms with van der Waals surface area (Å²) in [5.41, 5.74) is 0.0996. The SMILES string of the molecule is O=C(O)C1(c2cccnc2Br)CCCC1. The van der Waals surface area contributed by atoms with Gasteiger partial charge in [-0.3, -0.25) is 4.79 Å². The molecule has 0 unspecified atom stereocenters. The van der Waals surface area contributed by atoms with E-state index in [9.17, 15) is 9.90 Å². The van der Waals surface area contributed by atoms with Gasteiger partial charge in [0.15, 0.2) is 0 Å². The van der Waals surface area contributed by atoms with Crippen molar-refractivity contribution in [1.82, 2.24) is 4.98 Å². The molecule has 1 aromatic rings. The molecule has 0 amide bonds. The van der Waals surface area contributed by atoms with E-state index in [0.717, 1.165) is 18.4 Å². The summed E-state index contributed by atoms with van der Waals surface area (Å²) in [5, 5.41) is 9.39. The second kappa shape index (κ2) is 3.93. The first-order valence-electron chi connectivity index (χ1n) is 5.01. The van der Waals surface area contributed by atoms with E-state index in [1.165, 1.54) is 0 Å². The maximum Gasteiger partial charge on any atom is 0.314 e. The number of aliphatic carboxylic acids is 1. The zero-order valence-corrected chi connectivity index (χ0v) is 9.83. The topological polar surface area (TPSA) is 50.2 Å². The molecule has 4 heteroatoms. The molecule has 0 spiro atoms. The third-order valence-corrected chi connectivity index (χ3v) is 3.77. The zero-order chi connectivity index (χ0) is 10.9. The lowest BCUT2D eigenvalue weighted by molar-refractivity contribution is -0.143. The van der Waals surface area contributed by atoms with E-state index in [0.29, 0.717) is 17.4 Å². The minimum Gasteiger partial charge on any atom is -0.481 e. The molecule has 2 rings (SSSR count). The molecular formula is C11H12BrNO2. The first-order valence-corrected chi connectivity index (χ1v) is 5.80. The van der Waals surface area contributed by atoms with E-state index in [2.05, 4.69) is 20.9 Å². The third kappa shape index (κ3) is 1.67. The number of aromatic nitrogens is 1. The summed E-state index contributed by atoms with van der Waals surface area (Å²) in [4.78, 5) is 15.5. The number of halogens is 1. The van der Waals surface area contributed by atoms with Gasteiger partial charge in [-0.15, -0.1) is 0 Å². The number of hydrogen-bond donors (Lipinski definition) is 1. The fourth-order valence-corrected chi connectivity index (χ4v) is 2.95. The number of carbonyl (C=O) groups is 1. The van der Waals surface area contributed by atoms with Gasteiger partial charge in [0.1, 0.15) is 4.60 Å². The molecule has 1 heterocycles. The summed E-state index contributed by atoms with van der Waals surface area (Å²) in [6.07, 6.45) is 5.05. The van der Waals surface area contributed by atoms with Crippen LogP contribution in [0.1, 0.15) is 31.2 Å². The van der Waals surface area contributed by atoms with Crippen LogP contribution in [0.15, 0.2) is 22.9 Å². The Labute approximate surface area is 96.7 Å². The summed E-state index contributed by atoms with van der Waals surface area (Å²) >= 11 is 3.34. The number of nitrogens with zero attached hydrogens (tertiary/aromatic N) is 1. The Morgan fingerprint density at radius 3 is 2.67 bits per heavy atom. The van der Waals surface area contributed by atoms with Crippen LogP contribution < -0.4 is 0 Å². The van der Waals surface area contributed by atoms with Gasteiger partial charge in [-0.1, -0.05) is 18.9 Å². The van der Waals surface area contributed by atoms with Crippen molar-refractivity contribution in [2.45, 2.75) is 31.1 Å². The number of rotatable bonds is 2. The van der Waals surface area contributed by atoms with Crippen LogP contribution in [0.25, 0.3) is 0 Å². The molecule has 1 aliphatic rings. The zero-order valence-electron chi connectivity index (χ0n) is 8.24. The van der Waals surface area contributed by atoms with E-state index < -0.39 is 11.4 Å². The molecule has 15 heavy (non-hydrogen) atoms. The van der Waals surface area contributed by atoms with Crippen molar-refractivity contribution in [2.75, 3.05) is 0 Å². The van der Waals surface area contributed by atoms with Crippen molar-refractivity contribution in [3.8, 4) is 0 Å². The minimum absolute atomic E-state index is 0.661. The monoisotopic (exact) mass is 269 g/mol. The van der Waals surface area contributed by atoms with E-state index in [4.69, 9.17) is 0 Å². The third-order valence-electron chi connectivity index (χ3n) is 3.14. The molecule has 1 saturated carbocycles. The molecule has 0 aromatic carbocycles. The average molecular weight is 270 g/mol. The normalized spacial score (nSPS) is 19.0. The van der Waals surface area contributed by atoms with E-state index >= 15 is 0 Å². The van der Waals surface area contributed by atoms with Gasteiger partial charge in [-0.25, -0.2) is 4.98 Å². The number of pyridine rings is 1. The van der Waals surface area contributed by atoms with Gasteiger partial charge >= 0.3 is 5.97 Å². The second-order valence-corrected chi connectivity index (χ2v) is 4.69. The molecular weight excluding hydrogens is 258 g/mol. The van der Waals surface area contributed by atoms with Gasteiger partial charge in [0.05, 0.1) is 5.41 Å². The van der Waals surface area contributed by atoms with Crippen LogP contribution >= 0.6 is 15.9 Å². The summed E-state index contributed by atoms with van der Waals surface area (Å²) in [6, 6.07) is 3.65. The molecule has 0 saturated heterocycles. The Balaban J connectivity index is 2.50. The van der Waals surface area contributed by atoms with Crippen molar-refractivity contribution >= 4 is 21.9 Å². The predicted octanol–water partition coefficient (Wildman–Crippen LogP) is 2.74. The van der Waals surface area contributed by atoms with Crippen LogP contribution in [0.4, 0.5) is 0 Å². The highest BCUT2D eigenvalue weighted by molar-refractivity contribution is 9.10. The summed E-state index contributed by atoms with van der Waals surface area (Å²) < 4.78 is 0.661. The second-order valence-electron chi connectivity index (χ2n) is 3.94. The molecule has 0 aliphatic heterocycles. The fraction of sp³-hybridized carbons (Fsp3) is 0.455. The highest BCUT2D eigenvalue weighted by Crippen LogP contribution is 2.43. The Kier molecular flexibility index (Phi) is 2.78. The Bertz CT molecular complexity index is 386. The molecule has 1 aliphatic carbocycles. The highest BCUT2D eigenvalue weighted by atomic mass is 79.9. The van der Waals surface area contributed by atoms with Gasteiger partial charge in [0.2, 0.25) is 0 Å². The van der Waals surface area contributed by atoms with Crippen molar-refractivity contribution in [2.24, 2.45) is 0 Å².